The van der Waals surface area contributed by atoms with Crippen LogP contribution in [0.4, 0.5) is 4.39 Å². The van der Waals surface area contributed by atoms with E-state index >= 15 is 0 Å². The fourth-order valence-electron chi connectivity index (χ4n) is 4.12. The molecule has 3 heterocycles. The number of fused-ring (bicyclic) bond motifs is 3. The van der Waals surface area contributed by atoms with Gasteiger partial charge in [0.2, 0.25) is 0 Å². The second-order valence-electron chi connectivity index (χ2n) is 7.04. The lowest BCUT2D eigenvalue weighted by molar-refractivity contribution is -0.128. The zero-order valence-corrected chi connectivity index (χ0v) is 15.4. The molecule has 2 aromatic carbocycles. The first-order valence-electron chi connectivity index (χ1n) is 9.38. The molecule has 29 heavy (non-hydrogen) atoms. The molecule has 0 fully saturated rings. The van der Waals surface area contributed by atoms with Gasteiger partial charge in [-0.3, -0.25) is 9.59 Å². The molecule has 144 valence electrons. The van der Waals surface area contributed by atoms with Crippen LogP contribution in [0.2, 0.25) is 0 Å². The van der Waals surface area contributed by atoms with Crippen molar-refractivity contribution < 1.29 is 18.4 Å². The van der Waals surface area contributed by atoms with Crippen LogP contribution in [0.25, 0.3) is 10.9 Å². The molecule has 4 aromatic rings. The number of amides is 1. The Morgan fingerprint density at radius 1 is 1.03 bits per heavy atom. The standard InChI is InChI=1S/C23H17FN2O3/c24-17-8-3-1-7-16(17)21-20-15(14-6-2-4-9-18(14)25-20)11-12-26(21)23(28)22(27)19-10-5-13-29-19/h1-10,13,21,25H,11-12H2/t21-/m1/s1. The monoisotopic (exact) mass is 388 g/mol. The summed E-state index contributed by atoms with van der Waals surface area (Å²) < 4.78 is 19.9. The van der Waals surface area contributed by atoms with Crippen molar-refractivity contribution in [1.82, 2.24) is 9.88 Å². The average molecular weight is 388 g/mol. The first kappa shape index (κ1) is 17.4. The Bertz CT molecular complexity index is 1230. The van der Waals surface area contributed by atoms with Crippen molar-refractivity contribution in [3.8, 4) is 0 Å². The zero-order valence-electron chi connectivity index (χ0n) is 15.4. The summed E-state index contributed by atoms with van der Waals surface area (Å²) in [5.74, 6) is -1.90. The van der Waals surface area contributed by atoms with Gasteiger partial charge in [0.25, 0.3) is 11.7 Å². The Kier molecular flexibility index (Phi) is 4.05. The van der Waals surface area contributed by atoms with E-state index in [1.807, 2.05) is 24.3 Å². The second kappa shape index (κ2) is 6.74. The maximum absolute atomic E-state index is 14.8. The molecule has 0 aliphatic carbocycles. The minimum absolute atomic E-state index is 0.0234. The van der Waals surface area contributed by atoms with Gasteiger partial charge in [-0.05, 0) is 36.2 Å². The number of aromatic nitrogens is 1. The zero-order chi connectivity index (χ0) is 20.0. The fourth-order valence-corrected chi connectivity index (χ4v) is 4.12. The lowest BCUT2D eigenvalue weighted by Gasteiger charge is -2.35. The SMILES string of the molecule is O=C(C(=O)N1CCc2c([nH]c3ccccc23)[C@H]1c1ccccc1F)c1ccco1. The number of Topliss-reactive ketones (excluding diaryl/α,β-unsaturated/α-hetero) is 1. The molecule has 0 saturated heterocycles. The van der Waals surface area contributed by atoms with E-state index in [0.717, 1.165) is 22.2 Å². The number of H-pyrrole nitrogens is 1. The number of hydrogen-bond acceptors (Lipinski definition) is 3. The van der Waals surface area contributed by atoms with Crippen LogP contribution < -0.4 is 0 Å². The molecule has 2 aromatic heterocycles. The number of para-hydroxylation sites is 1. The van der Waals surface area contributed by atoms with Crippen molar-refractivity contribution >= 4 is 22.6 Å². The van der Waals surface area contributed by atoms with Gasteiger partial charge in [-0.25, -0.2) is 4.39 Å². The van der Waals surface area contributed by atoms with Crippen molar-refractivity contribution in [3.63, 3.8) is 0 Å². The number of hydrogen-bond donors (Lipinski definition) is 1. The summed E-state index contributed by atoms with van der Waals surface area (Å²) in [4.78, 5) is 30.5. The summed E-state index contributed by atoms with van der Waals surface area (Å²) >= 11 is 0. The van der Waals surface area contributed by atoms with E-state index in [9.17, 15) is 14.0 Å². The van der Waals surface area contributed by atoms with Crippen LogP contribution in [0, 0.1) is 5.82 Å². The van der Waals surface area contributed by atoms with Gasteiger partial charge in [0.05, 0.1) is 6.26 Å². The van der Waals surface area contributed by atoms with Crippen molar-refractivity contribution in [1.29, 1.82) is 0 Å². The number of benzene rings is 2. The minimum Gasteiger partial charge on any atom is -0.461 e. The third-order valence-electron chi connectivity index (χ3n) is 5.43. The molecule has 5 rings (SSSR count). The van der Waals surface area contributed by atoms with Crippen LogP contribution in [-0.4, -0.2) is 28.1 Å². The molecule has 1 amide bonds. The number of carbonyl (C=O) groups excluding carboxylic acids is 2. The van der Waals surface area contributed by atoms with Gasteiger partial charge in [-0.2, -0.15) is 0 Å². The summed E-state index contributed by atoms with van der Waals surface area (Å²) in [6, 6.07) is 16.5. The molecule has 0 radical (unpaired) electrons. The summed E-state index contributed by atoms with van der Waals surface area (Å²) in [7, 11) is 0. The topological polar surface area (TPSA) is 66.3 Å². The van der Waals surface area contributed by atoms with E-state index in [2.05, 4.69) is 4.98 Å². The normalized spacial score (nSPS) is 16.0. The number of rotatable bonds is 3. The Hall–Kier alpha value is -3.67. The van der Waals surface area contributed by atoms with Gasteiger partial charge in [0.1, 0.15) is 11.9 Å². The summed E-state index contributed by atoms with van der Waals surface area (Å²) in [6.45, 7) is 0.305. The second-order valence-corrected chi connectivity index (χ2v) is 7.04. The molecule has 1 N–H and O–H groups in total. The smallest absolute Gasteiger partial charge is 0.299 e. The van der Waals surface area contributed by atoms with Crippen LogP contribution in [0.5, 0.6) is 0 Å². The molecule has 0 unspecified atom stereocenters. The van der Waals surface area contributed by atoms with Gasteiger partial charge in [-0.1, -0.05) is 36.4 Å². The lowest BCUT2D eigenvalue weighted by atomic mass is 9.91. The highest BCUT2D eigenvalue weighted by Crippen LogP contribution is 2.39. The number of carbonyl (C=O) groups is 2. The third kappa shape index (κ3) is 2.76. The molecular formula is C23H17FN2O3. The molecule has 6 heteroatoms. The number of furan rings is 1. The summed E-state index contributed by atoms with van der Waals surface area (Å²) in [5, 5.41) is 1.05. The molecule has 0 spiro atoms. The molecule has 1 aliphatic rings. The number of halogens is 1. The molecule has 0 saturated carbocycles. The van der Waals surface area contributed by atoms with Gasteiger partial charge in [0, 0.05) is 28.7 Å². The minimum atomic E-state index is -0.740. The average Bonchev–Trinajstić information content (AvgIpc) is 3.40. The van der Waals surface area contributed by atoms with Gasteiger partial charge in [-0.15, -0.1) is 0 Å². The number of nitrogens with one attached hydrogen (secondary N) is 1. The Morgan fingerprint density at radius 3 is 2.62 bits per heavy atom. The van der Waals surface area contributed by atoms with Crippen LogP contribution in [0.15, 0.2) is 71.3 Å². The van der Waals surface area contributed by atoms with E-state index in [1.54, 1.807) is 24.3 Å². The number of ketones is 1. The van der Waals surface area contributed by atoms with Crippen molar-refractivity contribution in [2.24, 2.45) is 0 Å². The predicted octanol–water partition coefficient (Wildman–Crippen LogP) is 4.26. The molecule has 0 bridgehead atoms. The van der Waals surface area contributed by atoms with Crippen LogP contribution in [-0.2, 0) is 11.2 Å². The van der Waals surface area contributed by atoms with Gasteiger partial charge >= 0.3 is 0 Å². The van der Waals surface area contributed by atoms with E-state index in [1.165, 1.54) is 23.3 Å². The van der Waals surface area contributed by atoms with Crippen molar-refractivity contribution in [2.45, 2.75) is 12.5 Å². The molecular weight excluding hydrogens is 371 g/mol. The Balaban J connectivity index is 1.66. The van der Waals surface area contributed by atoms with Crippen LogP contribution in [0.1, 0.15) is 33.4 Å². The quantitative estimate of drug-likeness (QED) is 0.421. The highest BCUT2D eigenvalue weighted by atomic mass is 19.1. The fraction of sp³-hybridized carbons (Fsp3) is 0.130. The lowest BCUT2D eigenvalue weighted by Crippen LogP contribution is -2.44. The van der Waals surface area contributed by atoms with Crippen LogP contribution >= 0.6 is 0 Å². The van der Waals surface area contributed by atoms with Crippen LogP contribution in [0.3, 0.4) is 0 Å². The van der Waals surface area contributed by atoms with Gasteiger partial charge in [0.15, 0.2) is 5.76 Å². The molecule has 1 atom stereocenters. The van der Waals surface area contributed by atoms with E-state index in [-0.39, 0.29) is 5.76 Å². The van der Waals surface area contributed by atoms with E-state index in [0.29, 0.717) is 18.5 Å². The van der Waals surface area contributed by atoms with E-state index < -0.39 is 23.5 Å². The first-order chi connectivity index (χ1) is 14.1. The first-order valence-corrected chi connectivity index (χ1v) is 9.38. The molecule has 5 nitrogen and oxygen atoms in total. The van der Waals surface area contributed by atoms with Crippen molar-refractivity contribution in [3.05, 3.63) is 95.3 Å². The highest BCUT2D eigenvalue weighted by Gasteiger charge is 2.38. The van der Waals surface area contributed by atoms with Gasteiger partial charge < -0.3 is 14.3 Å². The summed E-state index contributed by atoms with van der Waals surface area (Å²) in [6.07, 6.45) is 1.92. The third-order valence-corrected chi connectivity index (χ3v) is 5.43. The summed E-state index contributed by atoms with van der Waals surface area (Å²) in [5.41, 5.74) is 3.05. The highest BCUT2D eigenvalue weighted by molar-refractivity contribution is 6.42. The number of aromatic amines is 1. The predicted molar refractivity (Wildman–Crippen MR) is 105 cm³/mol. The largest absolute Gasteiger partial charge is 0.461 e. The van der Waals surface area contributed by atoms with Crippen molar-refractivity contribution in [2.75, 3.05) is 6.54 Å². The Morgan fingerprint density at radius 2 is 1.83 bits per heavy atom. The Labute approximate surface area is 165 Å². The molecule has 1 aliphatic heterocycles. The number of nitrogens with zero attached hydrogens (tertiary/aromatic N) is 1. The maximum Gasteiger partial charge on any atom is 0.299 e. The maximum atomic E-state index is 14.8. The van der Waals surface area contributed by atoms with E-state index in [4.69, 9.17) is 4.42 Å².